The van der Waals surface area contributed by atoms with E-state index >= 15 is 0 Å². The van der Waals surface area contributed by atoms with Crippen LogP contribution in [0.2, 0.25) is 0 Å². The van der Waals surface area contributed by atoms with Crippen molar-refractivity contribution in [3.05, 3.63) is 117 Å². The quantitative estimate of drug-likeness (QED) is 0.409. The SMILES string of the molecule is Cc1nc2c(c(=O)[nH]c(=O)n2-c2ccccc2)n1Cc1ccc(-c2ccccc2-n2cnnn2)cc1. The molecule has 0 fully saturated rings. The van der Waals surface area contributed by atoms with Gasteiger partial charge >= 0.3 is 5.69 Å². The number of H-pyrrole nitrogens is 1. The summed E-state index contributed by atoms with van der Waals surface area (Å²) >= 11 is 0. The van der Waals surface area contributed by atoms with Gasteiger partial charge in [0.2, 0.25) is 0 Å². The van der Waals surface area contributed by atoms with Gasteiger partial charge in [0.25, 0.3) is 5.56 Å². The van der Waals surface area contributed by atoms with Crippen LogP contribution in [0.15, 0.2) is 94.8 Å². The van der Waals surface area contributed by atoms with E-state index in [-0.39, 0.29) is 0 Å². The van der Waals surface area contributed by atoms with Crippen molar-refractivity contribution < 1.29 is 0 Å². The van der Waals surface area contributed by atoms with Crippen LogP contribution in [0.25, 0.3) is 33.7 Å². The van der Waals surface area contributed by atoms with Crippen LogP contribution in [0.5, 0.6) is 0 Å². The molecule has 3 heterocycles. The van der Waals surface area contributed by atoms with Gasteiger partial charge in [-0.2, -0.15) is 4.68 Å². The molecule has 36 heavy (non-hydrogen) atoms. The Balaban J connectivity index is 1.40. The summed E-state index contributed by atoms with van der Waals surface area (Å²) in [5.74, 6) is 0.638. The molecule has 0 amide bonds. The van der Waals surface area contributed by atoms with Crippen molar-refractivity contribution in [1.29, 1.82) is 0 Å². The van der Waals surface area contributed by atoms with E-state index < -0.39 is 11.2 Å². The minimum atomic E-state index is -0.519. The zero-order valence-corrected chi connectivity index (χ0v) is 19.2. The van der Waals surface area contributed by atoms with Crippen molar-refractivity contribution in [3.63, 3.8) is 0 Å². The Kier molecular flexibility index (Phi) is 5.11. The Bertz CT molecular complexity index is 1800. The predicted molar refractivity (Wildman–Crippen MR) is 134 cm³/mol. The van der Waals surface area contributed by atoms with Crippen LogP contribution >= 0.6 is 0 Å². The maximum atomic E-state index is 12.8. The number of aromatic amines is 1. The molecule has 1 N–H and O–H groups in total. The van der Waals surface area contributed by atoms with Crippen LogP contribution in [-0.2, 0) is 6.54 Å². The molecule has 6 rings (SSSR count). The lowest BCUT2D eigenvalue weighted by Crippen LogP contribution is -2.30. The van der Waals surface area contributed by atoms with E-state index in [1.54, 1.807) is 23.1 Å². The summed E-state index contributed by atoms with van der Waals surface area (Å²) in [6.45, 7) is 2.25. The third kappa shape index (κ3) is 3.61. The Hall–Kier alpha value is -5.12. The van der Waals surface area contributed by atoms with E-state index in [1.807, 2.05) is 78.2 Å². The van der Waals surface area contributed by atoms with Gasteiger partial charge in [-0.15, -0.1) is 5.10 Å². The standard InChI is InChI=1S/C26H20N8O2/c1-17-28-24-23(25(35)29-26(36)34(24)20-7-3-2-4-8-20)32(17)15-18-11-13-19(14-12-18)21-9-5-6-10-22(21)33-16-27-30-31-33/h2-14,16H,15H2,1H3,(H,29,35,36). The van der Waals surface area contributed by atoms with E-state index in [9.17, 15) is 9.59 Å². The number of aryl methyl sites for hydroxylation is 1. The first kappa shape index (κ1) is 21.4. The first-order chi connectivity index (χ1) is 17.6. The number of fused-ring (bicyclic) bond motifs is 1. The number of hydrogen-bond donors (Lipinski definition) is 1. The lowest BCUT2D eigenvalue weighted by Gasteiger charge is -2.11. The topological polar surface area (TPSA) is 116 Å². The fourth-order valence-electron chi connectivity index (χ4n) is 4.41. The molecule has 0 spiro atoms. The number of benzene rings is 3. The number of imidazole rings is 1. The van der Waals surface area contributed by atoms with Crippen LogP contribution in [0.1, 0.15) is 11.4 Å². The number of rotatable bonds is 5. The lowest BCUT2D eigenvalue weighted by atomic mass is 10.0. The summed E-state index contributed by atoms with van der Waals surface area (Å²) in [5, 5.41) is 11.5. The molecule has 0 saturated heterocycles. The third-order valence-corrected chi connectivity index (χ3v) is 6.11. The fraction of sp³-hybridized carbons (Fsp3) is 0.0769. The molecule has 3 aromatic heterocycles. The molecule has 0 bridgehead atoms. The normalized spacial score (nSPS) is 11.2. The summed E-state index contributed by atoms with van der Waals surface area (Å²) in [6, 6.07) is 25.1. The predicted octanol–water partition coefficient (Wildman–Crippen LogP) is 2.87. The van der Waals surface area contributed by atoms with Crippen molar-refractivity contribution in [2.75, 3.05) is 0 Å². The highest BCUT2D eigenvalue weighted by atomic mass is 16.2. The number of tetrazole rings is 1. The monoisotopic (exact) mass is 476 g/mol. The number of aromatic nitrogens is 8. The Labute approximate surface area is 204 Å². The zero-order chi connectivity index (χ0) is 24.6. The maximum Gasteiger partial charge on any atom is 0.334 e. The average Bonchev–Trinajstić information content (AvgIpc) is 3.54. The van der Waals surface area contributed by atoms with E-state index in [1.165, 1.54) is 4.57 Å². The molecule has 0 aliphatic carbocycles. The molecule has 0 aliphatic rings. The molecule has 10 nitrogen and oxygen atoms in total. The lowest BCUT2D eigenvalue weighted by molar-refractivity contribution is 0.781. The van der Waals surface area contributed by atoms with Crippen molar-refractivity contribution in [3.8, 4) is 22.5 Å². The maximum absolute atomic E-state index is 12.8. The summed E-state index contributed by atoms with van der Waals surface area (Å²) in [4.78, 5) is 32.6. The van der Waals surface area contributed by atoms with Crippen molar-refractivity contribution in [1.82, 2.24) is 39.3 Å². The summed E-state index contributed by atoms with van der Waals surface area (Å²) in [5.41, 5.74) is 4.19. The zero-order valence-electron chi connectivity index (χ0n) is 19.2. The molecule has 3 aromatic carbocycles. The number of nitrogens with one attached hydrogen (secondary N) is 1. The highest BCUT2D eigenvalue weighted by Gasteiger charge is 2.18. The highest BCUT2D eigenvalue weighted by molar-refractivity contribution is 5.74. The molecule has 0 radical (unpaired) electrons. The second-order valence-corrected chi connectivity index (χ2v) is 8.32. The van der Waals surface area contributed by atoms with Gasteiger partial charge in [-0.3, -0.25) is 9.78 Å². The smallest absolute Gasteiger partial charge is 0.318 e. The Morgan fingerprint density at radius 3 is 2.39 bits per heavy atom. The van der Waals surface area contributed by atoms with Gasteiger partial charge < -0.3 is 4.57 Å². The van der Waals surface area contributed by atoms with E-state index in [0.29, 0.717) is 29.2 Å². The number of nitrogens with zero attached hydrogens (tertiary/aromatic N) is 7. The summed E-state index contributed by atoms with van der Waals surface area (Å²) < 4.78 is 4.89. The molecule has 0 unspecified atom stereocenters. The molecular weight excluding hydrogens is 456 g/mol. The van der Waals surface area contributed by atoms with Crippen LogP contribution in [0, 0.1) is 6.92 Å². The van der Waals surface area contributed by atoms with Crippen molar-refractivity contribution >= 4 is 11.2 Å². The van der Waals surface area contributed by atoms with Crippen molar-refractivity contribution in [2.45, 2.75) is 13.5 Å². The van der Waals surface area contributed by atoms with Gasteiger partial charge in [-0.05, 0) is 46.7 Å². The molecule has 0 saturated carbocycles. The number of hydrogen-bond acceptors (Lipinski definition) is 6. The molecule has 0 atom stereocenters. The molecular formula is C26H20N8O2. The van der Waals surface area contributed by atoms with E-state index in [4.69, 9.17) is 0 Å². The van der Waals surface area contributed by atoms with Crippen LogP contribution < -0.4 is 11.2 Å². The van der Waals surface area contributed by atoms with Gasteiger partial charge in [-0.25, -0.2) is 14.3 Å². The number of para-hydroxylation sites is 2. The van der Waals surface area contributed by atoms with Gasteiger partial charge in [0, 0.05) is 12.1 Å². The van der Waals surface area contributed by atoms with Gasteiger partial charge in [-0.1, -0.05) is 60.7 Å². The molecule has 0 aliphatic heterocycles. The summed E-state index contributed by atoms with van der Waals surface area (Å²) in [6.07, 6.45) is 1.56. The fourth-order valence-corrected chi connectivity index (χ4v) is 4.41. The van der Waals surface area contributed by atoms with Crippen LogP contribution in [-0.4, -0.2) is 39.3 Å². The second kappa shape index (κ2) is 8.58. The largest absolute Gasteiger partial charge is 0.334 e. The Morgan fingerprint density at radius 2 is 1.64 bits per heavy atom. The average molecular weight is 477 g/mol. The van der Waals surface area contributed by atoms with Crippen molar-refractivity contribution in [2.24, 2.45) is 0 Å². The van der Waals surface area contributed by atoms with Crippen LogP contribution in [0.3, 0.4) is 0 Å². The minimum absolute atomic E-state index is 0.333. The molecule has 6 aromatic rings. The van der Waals surface area contributed by atoms with Crippen LogP contribution in [0.4, 0.5) is 0 Å². The van der Waals surface area contributed by atoms with Gasteiger partial charge in [0.05, 0.1) is 11.4 Å². The Morgan fingerprint density at radius 1 is 0.889 bits per heavy atom. The first-order valence-corrected chi connectivity index (χ1v) is 11.3. The van der Waals surface area contributed by atoms with E-state index in [0.717, 1.165) is 22.4 Å². The van der Waals surface area contributed by atoms with E-state index in [2.05, 4.69) is 25.5 Å². The highest BCUT2D eigenvalue weighted by Crippen LogP contribution is 2.27. The first-order valence-electron chi connectivity index (χ1n) is 11.3. The molecule has 10 heteroatoms. The third-order valence-electron chi connectivity index (χ3n) is 6.11. The molecule has 176 valence electrons. The summed E-state index contributed by atoms with van der Waals surface area (Å²) in [7, 11) is 0. The van der Waals surface area contributed by atoms with Gasteiger partial charge in [0.15, 0.2) is 11.2 Å². The minimum Gasteiger partial charge on any atom is -0.318 e. The van der Waals surface area contributed by atoms with Gasteiger partial charge in [0.1, 0.15) is 12.2 Å². The second-order valence-electron chi connectivity index (χ2n) is 8.32.